The number of carbonyl (C=O) groups is 1. The smallest absolute Gasteiger partial charge is 0.220 e. The Hall–Kier alpha value is -0.350. The van der Waals surface area contributed by atoms with E-state index in [1.165, 1.54) is 4.88 Å². The van der Waals surface area contributed by atoms with Gasteiger partial charge in [0.15, 0.2) is 0 Å². The summed E-state index contributed by atoms with van der Waals surface area (Å²) in [6, 6.07) is 2.00. The molecule has 0 radical (unpaired) electrons. The van der Waals surface area contributed by atoms with Crippen LogP contribution in [-0.2, 0) is 11.3 Å². The lowest BCUT2D eigenvalue weighted by Crippen LogP contribution is -2.21. The minimum Gasteiger partial charge on any atom is -0.351 e. The third-order valence-corrected chi connectivity index (χ3v) is 3.82. The van der Waals surface area contributed by atoms with Crippen molar-refractivity contribution in [1.82, 2.24) is 5.32 Å². The lowest BCUT2D eigenvalue weighted by Gasteiger charge is -2.02. The number of amides is 1. The Morgan fingerprint density at radius 2 is 2.43 bits per heavy atom. The number of rotatable bonds is 5. The van der Waals surface area contributed by atoms with Gasteiger partial charge < -0.3 is 5.32 Å². The van der Waals surface area contributed by atoms with Crippen LogP contribution in [-0.4, -0.2) is 5.91 Å². The summed E-state index contributed by atoms with van der Waals surface area (Å²) in [5, 5.41) is 4.91. The molecule has 2 nitrogen and oxygen atoms in total. The van der Waals surface area contributed by atoms with Gasteiger partial charge in [-0.15, -0.1) is 11.3 Å². The fraction of sp³-hybridized carbons (Fsp3) is 0.500. The van der Waals surface area contributed by atoms with E-state index < -0.39 is 0 Å². The molecule has 1 N–H and O–H groups in total. The molecular formula is C10H14BrNOS. The molecule has 0 bridgehead atoms. The standard InChI is InChI=1S/C10H14BrNOS/c1-2-3-4-10(13)12-7-9-8(11)5-6-14-9/h5-6H,2-4,7H2,1H3,(H,12,13). The molecule has 1 amide bonds. The van der Waals surface area contributed by atoms with Crippen LogP contribution < -0.4 is 5.32 Å². The van der Waals surface area contributed by atoms with Crippen LogP contribution in [0, 0.1) is 0 Å². The average molecular weight is 276 g/mol. The fourth-order valence-corrected chi connectivity index (χ4v) is 2.49. The molecule has 1 heterocycles. The van der Waals surface area contributed by atoms with Crippen molar-refractivity contribution >= 4 is 33.2 Å². The second-order valence-electron chi connectivity index (χ2n) is 3.07. The highest BCUT2D eigenvalue weighted by atomic mass is 79.9. The molecule has 0 saturated heterocycles. The summed E-state index contributed by atoms with van der Waals surface area (Å²) in [5.41, 5.74) is 0. The number of hydrogen-bond acceptors (Lipinski definition) is 2. The average Bonchev–Trinajstić information content (AvgIpc) is 2.58. The quantitative estimate of drug-likeness (QED) is 0.878. The zero-order valence-electron chi connectivity index (χ0n) is 8.18. The Bertz CT molecular complexity index is 298. The van der Waals surface area contributed by atoms with Crippen LogP contribution in [0.15, 0.2) is 15.9 Å². The van der Waals surface area contributed by atoms with Crippen LogP contribution in [0.5, 0.6) is 0 Å². The summed E-state index contributed by atoms with van der Waals surface area (Å²) >= 11 is 5.08. The first kappa shape index (κ1) is 11.7. The minimum atomic E-state index is 0.146. The van der Waals surface area contributed by atoms with Gasteiger partial charge in [0.05, 0.1) is 6.54 Å². The first-order valence-corrected chi connectivity index (χ1v) is 6.40. The summed E-state index contributed by atoms with van der Waals surface area (Å²) in [5.74, 6) is 0.146. The van der Waals surface area contributed by atoms with Gasteiger partial charge >= 0.3 is 0 Å². The van der Waals surface area contributed by atoms with E-state index in [0.29, 0.717) is 13.0 Å². The molecular weight excluding hydrogens is 262 g/mol. The zero-order chi connectivity index (χ0) is 10.4. The number of halogens is 1. The Kier molecular flexibility index (Phi) is 5.19. The number of carbonyl (C=O) groups excluding carboxylic acids is 1. The molecule has 0 aliphatic rings. The summed E-state index contributed by atoms with van der Waals surface area (Å²) in [7, 11) is 0. The zero-order valence-corrected chi connectivity index (χ0v) is 10.6. The molecule has 1 aromatic rings. The molecule has 78 valence electrons. The van der Waals surface area contributed by atoms with Crippen LogP contribution in [0.25, 0.3) is 0 Å². The second kappa shape index (κ2) is 6.19. The van der Waals surface area contributed by atoms with Gasteiger partial charge in [0, 0.05) is 15.8 Å². The normalized spacial score (nSPS) is 10.1. The van der Waals surface area contributed by atoms with E-state index in [0.717, 1.165) is 17.3 Å². The molecule has 0 aliphatic carbocycles. The van der Waals surface area contributed by atoms with Gasteiger partial charge in [0.2, 0.25) is 5.91 Å². The maximum absolute atomic E-state index is 11.3. The highest BCUT2D eigenvalue weighted by Gasteiger charge is 2.03. The van der Waals surface area contributed by atoms with Crippen LogP contribution >= 0.6 is 27.3 Å². The van der Waals surface area contributed by atoms with Gasteiger partial charge in [-0.2, -0.15) is 0 Å². The predicted octanol–water partition coefficient (Wildman–Crippen LogP) is 3.32. The largest absolute Gasteiger partial charge is 0.351 e. The van der Waals surface area contributed by atoms with Crippen LogP contribution in [0.3, 0.4) is 0 Å². The van der Waals surface area contributed by atoms with Gasteiger partial charge in [-0.05, 0) is 33.8 Å². The maximum atomic E-state index is 11.3. The van der Waals surface area contributed by atoms with E-state index in [9.17, 15) is 4.79 Å². The van der Waals surface area contributed by atoms with Crippen molar-refractivity contribution in [2.75, 3.05) is 0 Å². The van der Waals surface area contributed by atoms with E-state index >= 15 is 0 Å². The summed E-state index contributed by atoms with van der Waals surface area (Å²) < 4.78 is 1.08. The Morgan fingerprint density at radius 1 is 1.64 bits per heavy atom. The molecule has 1 rings (SSSR count). The van der Waals surface area contributed by atoms with Gasteiger partial charge in [0.25, 0.3) is 0 Å². The van der Waals surface area contributed by atoms with Crippen LogP contribution in [0.1, 0.15) is 31.1 Å². The number of hydrogen-bond donors (Lipinski definition) is 1. The van der Waals surface area contributed by atoms with Crippen LogP contribution in [0.2, 0.25) is 0 Å². The van der Waals surface area contributed by atoms with Gasteiger partial charge in [-0.25, -0.2) is 0 Å². The highest BCUT2D eigenvalue weighted by Crippen LogP contribution is 2.22. The fourth-order valence-electron chi connectivity index (χ4n) is 1.06. The lowest BCUT2D eigenvalue weighted by molar-refractivity contribution is -0.121. The molecule has 0 spiro atoms. The second-order valence-corrected chi connectivity index (χ2v) is 4.93. The van der Waals surface area contributed by atoms with Crippen molar-refractivity contribution in [2.45, 2.75) is 32.7 Å². The van der Waals surface area contributed by atoms with Crippen molar-refractivity contribution in [3.05, 3.63) is 20.8 Å². The first-order valence-electron chi connectivity index (χ1n) is 4.72. The molecule has 0 fully saturated rings. The molecule has 0 unspecified atom stereocenters. The highest BCUT2D eigenvalue weighted by molar-refractivity contribution is 9.10. The number of thiophene rings is 1. The van der Waals surface area contributed by atoms with Crippen molar-refractivity contribution < 1.29 is 4.79 Å². The molecule has 0 atom stereocenters. The molecule has 4 heteroatoms. The number of nitrogens with one attached hydrogen (secondary N) is 1. The van der Waals surface area contributed by atoms with Gasteiger partial charge in [-0.3, -0.25) is 4.79 Å². The predicted molar refractivity (Wildman–Crippen MR) is 63.4 cm³/mol. The topological polar surface area (TPSA) is 29.1 Å². The van der Waals surface area contributed by atoms with E-state index in [1.54, 1.807) is 11.3 Å². The monoisotopic (exact) mass is 275 g/mol. The Labute approximate surface area is 96.8 Å². The molecule has 0 aliphatic heterocycles. The third-order valence-electron chi connectivity index (χ3n) is 1.89. The van der Waals surface area contributed by atoms with Crippen molar-refractivity contribution in [1.29, 1.82) is 0 Å². The van der Waals surface area contributed by atoms with Crippen LogP contribution in [0.4, 0.5) is 0 Å². The Balaban J connectivity index is 2.27. The maximum Gasteiger partial charge on any atom is 0.220 e. The van der Waals surface area contributed by atoms with Crippen molar-refractivity contribution in [3.8, 4) is 0 Å². The SMILES string of the molecule is CCCCC(=O)NCc1sccc1Br. The molecule has 0 aromatic carbocycles. The Morgan fingerprint density at radius 3 is 3.00 bits per heavy atom. The van der Waals surface area contributed by atoms with Crippen molar-refractivity contribution in [2.24, 2.45) is 0 Å². The van der Waals surface area contributed by atoms with Gasteiger partial charge in [-0.1, -0.05) is 13.3 Å². The first-order chi connectivity index (χ1) is 6.74. The molecule has 1 aromatic heterocycles. The molecule has 0 saturated carbocycles. The number of unbranched alkanes of at least 4 members (excludes halogenated alkanes) is 1. The van der Waals surface area contributed by atoms with E-state index in [4.69, 9.17) is 0 Å². The van der Waals surface area contributed by atoms with E-state index in [1.807, 2.05) is 11.4 Å². The van der Waals surface area contributed by atoms with E-state index in [2.05, 4.69) is 28.2 Å². The molecule has 14 heavy (non-hydrogen) atoms. The summed E-state index contributed by atoms with van der Waals surface area (Å²) in [6.07, 6.45) is 2.67. The van der Waals surface area contributed by atoms with Crippen molar-refractivity contribution in [3.63, 3.8) is 0 Å². The van der Waals surface area contributed by atoms with Gasteiger partial charge in [0.1, 0.15) is 0 Å². The summed E-state index contributed by atoms with van der Waals surface area (Å²) in [4.78, 5) is 12.5. The minimum absolute atomic E-state index is 0.146. The lowest BCUT2D eigenvalue weighted by atomic mass is 10.2. The third kappa shape index (κ3) is 3.80. The van der Waals surface area contributed by atoms with E-state index in [-0.39, 0.29) is 5.91 Å². The summed E-state index contributed by atoms with van der Waals surface area (Å²) in [6.45, 7) is 2.73.